The van der Waals surface area contributed by atoms with Crippen LogP contribution in [-0.4, -0.2) is 5.11 Å². The largest absolute Gasteiger partial charge is 0.454 e. The number of hydrogen-bond acceptors (Lipinski definition) is 2. The zero-order valence-corrected chi connectivity index (χ0v) is 10.1. The second kappa shape index (κ2) is 5.50. The van der Waals surface area contributed by atoms with Crippen LogP contribution < -0.4 is 4.74 Å². The first kappa shape index (κ1) is 14.3. The maximum Gasteiger partial charge on any atom is 0.416 e. The first-order chi connectivity index (χ1) is 9.40. The molecule has 0 saturated heterocycles. The predicted octanol–water partition coefficient (Wildman–Crippen LogP) is 4.13. The molecule has 0 heterocycles. The molecule has 0 fully saturated rings. The van der Waals surface area contributed by atoms with E-state index in [4.69, 9.17) is 9.84 Å². The molecule has 106 valence electrons. The van der Waals surface area contributed by atoms with Gasteiger partial charge in [0.05, 0.1) is 12.2 Å². The van der Waals surface area contributed by atoms with Gasteiger partial charge in [0.25, 0.3) is 0 Å². The van der Waals surface area contributed by atoms with E-state index in [0.29, 0.717) is 5.56 Å². The van der Waals surface area contributed by atoms with Gasteiger partial charge in [-0.05, 0) is 42.0 Å². The van der Waals surface area contributed by atoms with E-state index in [0.717, 1.165) is 30.3 Å². The summed E-state index contributed by atoms with van der Waals surface area (Å²) in [5, 5.41) is 8.84. The van der Waals surface area contributed by atoms with Crippen molar-refractivity contribution in [3.8, 4) is 11.5 Å². The Morgan fingerprint density at radius 2 is 1.65 bits per heavy atom. The van der Waals surface area contributed by atoms with Crippen LogP contribution in [0.4, 0.5) is 17.6 Å². The molecule has 0 aliphatic heterocycles. The van der Waals surface area contributed by atoms with E-state index in [1.54, 1.807) is 0 Å². The lowest BCUT2D eigenvalue weighted by Gasteiger charge is -2.10. The van der Waals surface area contributed by atoms with Crippen LogP contribution in [0.15, 0.2) is 42.5 Å². The Morgan fingerprint density at radius 3 is 2.15 bits per heavy atom. The number of aliphatic hydroxyl groups excluding tert-OH is 1. The molecule has 0 atom stereocenters. The molecule has 0 spiro atoms. The maximum atomic E-state index is 13.6. The summed E-state index contributed by atoms with van der Waals surface area (Å²) in [4.78, 5) is 0. The molecule has 0 aliphatic carbocycles. The van der Waals surface area contributed by atoms with Gasteiger partial charge in [-0.3, -0.25) is 0 Å². The van der Waals surface area contributed by atoms with Gasteiger partial charge in [-0.15, -0.1) is 0 Å². The van der Waals surface area contributed by atoms with Gasteiger partial charge in [0.1, 0.15) is 5.75 Å². The molecule has 2 nitrogen and oxygen atoms in total. The monoisotopic (exact) mass is 286 g/mol. The maximum absolute atomic E-state index is 13.6. The lowest BCUT2D eigenvalue weighted by molar-refractivity contribution is -0.137. The van der Waals surface area contributed by atoms with E-state index in [2.05, 4.69) is 0 Å². The minimum Gasteiger partial charge on any atom is -0.454 e. The number of halogens is 4. The fourth-order valence-electron chi connectivity index (χ4n) is 1.56. The normalized spacial score (nSPS) is 11.4. The lowest BCUT2D eigenvalue weighted by atomic mass is 10.2. The fourth-order valence-corrected chi connectivity index (χ4v) is 1.56. The van der Waals surface area contributed by atoms with Crippen LogP contribution in [0.5, 0.6) is 11.5 Å². The van der Waals surface area contributed by atoms with Crippen molar-refractivity contribution in [1.29, 1.82) is 0 Å². The van der Waals surface area contributed by atoms with Crippen molar-refractivity contribution in [3.05, 3.63) is 59.4 Å². The van der Waals surface area contributed by atoms with E-state index < -0.39 is 17.6 Å². The average Bonchev–Trinajstić information content (AvgIpc) is 2.40. The highest BCUT2D eigenvalue weighted by molar-refractivity contribution is 5.36. The van der Waals surface area contributed by atoms with Gasteiger partial charge in [0, 0.05) is 0 Å². The van der Waals surface area contributed by atoms with Crippen molar-refractivity contribution >= 4 is 0 Å². The minimum atomic E-state index is -4.42. The number of hydrogen-bond donors (Lipinski definition) is 1. The minimum absolute atomic E-state index is 0.0913. The highest BCUT2D eigenvalue weighted by Gasteiger charge is 2.30. The summed E-state index contributed by atoms with van der Waals surface area (Å²) in [5.41, 5.74) is -0.428. The summed E-state index contributed by atoms with van der Waals surface area (Å²) in [7, 11) is 0. The van der Waals surface area contributed by atoms with E-state index in [1.807, 2.05) is 0 Å². The second-order valence-electron chi connectivity index (χ2n) is 4.05. The molecule has 0 unspecified atom stereocenters. The Morgan fingerprint density at radius 1 is 1.00 bits per heavy atom. The van der Waals surface area contributed by atoms with Crippen LogP contribution in [0.1, 0.15) is 11.1 Å². The summed E-state index contributed by atoms with van der Waals surface area (Å²) in [5.74, 6) is -0.730. The van der Waals surface area contributed by atoms with Crippen LogP contribution in [0.3, 0.4) is 0 Å². The summed E-state index contributed by atoms with van der Waals surface area (Å²) in [6.07, 6.45) is -4.42. The van der Waals surface area contributed by atoms with Gasteiger partial charge < -0.3 is 9.84 Å². The Labute approximate surface area is 112 Å². The zero-order chi connectivity index (χ0) is 14.8. The lowest BCUT2D eigenvalue weighted by Crippen LogP contribution is -2.04. The third kappa shape index (κ3) is 3.27. The highest BCUT2D eigenvalue weighted by Crippen LogP contribution is 2.32. The Kier molecular flexibility index (Phi) is 3.94. The van der Waals surface area contributed by atoms with Gasteiger partial charge >= 0.3 is 6.18 Å². The number of ether oxygens (including phenoxy) is 1. The summed E-state index contributed by atoms with van der Waals surface area (Å²) in [6.45, 7) is -0.308. The Bertz CT molecular complexity index is 591. The van der Waals surface area contributed by atoms with Crippen molar-refractivity contribution < 1.29 is 27.4 Å². The van der Waals surface area contributed by atoms with E-state index in [-0.39, 0.29) is 18.1 Å². The van der Waals surface area contributed by atoms with Crippen molar-refractivity contribution in [2.45, 2.75) is 12.8 Å². The molecule has 6 heteroatoms. The molecule has 0 saturated carbocycles. The molecule has 2 aromatic carbocycles. The molecule has 0 aromatic heterocycles. The number of alkyl halides is 3. The first-order valence-electron chi connectivity index (χ1n) is 5.64. The van der Waals surface area contributed by atoms with Crippen LogP contribution >= 0.6 is 0 Å². The molecule has 0 radical (unpaired) electrons. The highest BCUT2D eigenvalue weighted by atomic mass is 19.4. The van der Waals surface area contributed by atoms with Crippen molar-refractivity contribution in [1.82, 2.24) is 0 Å². The van der Waals surface area contributed by atoms with Gasteiger partial charge in [0.15, 0.2) is 11.6 Å². The van der Waals surface area contributed by atoms with Crippen molar-refractivity contribution in [3.63, 3.8) is 0 Å². The molecule has 0 bridgehead atoms. The van der Waals surface area contributed by atoms with Gasteiger partial charge in [-0.25, -0.2) is 4.39 Å². The first-order valence-corrected chi connectivity index (χ1v) is 5.64. The summed E-state index contributed by atoms with van der Waals surface area (Å²) < 4.78 is 55.8. The fraction of sp³-hybridized carbons (Fsp3) is 0.143. The van der Waals surface area contributed by atoms with E-state index in [1.165, 1.54) is 12.1 Å². The summed E-state index contributed by atoms with van der Waals surface area (Å²) in [6, 6.07) is 7.80. The van der Waals surface area contributed by atoms with Gasteiger partial charge in [-0.1, -0.05) is 6.07 Å². The average molecular weight is 286 g/mol. The smallest absolute Gasteiger partial charge is 0.416 e. The topological polar surface area (TPSA) is 29.5 Å². The third-order valence-electron chi connectivity index (χ3n) is 2.59. The van der Waals surface area contributed by atoms with E-state index >= 15 is 0 Å². The molecule has 0 aliphatic rings. The number of rotatable bonds is 3. The SMILES string of the molecule is OCc1ccc(Oc2ccc(C(F)(F)F)cc2)c(F)c1. The van der Waals surface area contributed by atoms with Crippen molar-refractivity contribution in [2.75, 3.05) is 0 Å². The Balaban J connectivity index is 2.18. The molecule has 1 N–H and O–H groups in total. The van der Waals surface area contributed by atoms with Gasteiger partial charge in [0.2, 0.25) is 0 Å². The third-order valence-corrected chi connectivity index (χ3v) is 2.59. The second-order valence-corrected chi connectivity index (χ2v) is 4.05. The zero-order valence-electron chi connectivity index (χ0n) is 10.1. The number of benzene rings is 2. The molecule has 20 heavy (non-hydrogen) atoms. The predicted molar refractivity (Wildman–Crippen MR) is 63.8 cm³/mol. The molecular weight excluding hydrogens is 276 g/mol. The van der Waals surface area contributed by atoms with Gasteiger partial charge in [-0.2, -0.15) is 13.2 Å². The standard InChI is InChI=1S/C14H10F4O2/c15-12-7-9(8-19)1-6-13(12)20-11-4-2-10(3-5-11)14(16,17)18/h1-7,19H,8H2. The molecule has 2 rings (SSSR count). The van der Waals surface area contributed by atoms with E-state index in [9.17, 15) is 17.6 Å². The molecule has 2 aromatic rings. The molecule has 0 amide bonds. The van der Waals surface area contributed by atoms with Crippen molar-refractivity contribution in [2.24, 2.45) is 0 Å². The van der Waals surface area contributed by atoms with Crippen LogP contribution in [0.25, 0.3) is 0 Å². The summed E-state index contributed by atoms with van der Waals surface area (Å²) >= 11 is 0. The Hall–Kier alpha value is -2.08. The van der Waals surface area contributed by atoms with Crippen LogP contribution in [-0.2, 0) is 12.8 Å². The molecular formula is C14H10F4O2. The quantitative estimate of drug-likeness (QED) is 0.860. The van der Waals surface area contributed by atoms with Crippen LogP contribution in [0.2, 0.25) is 0 Å². The van der Waals surface area contributed by atoms with Crippen LogP contribution in [0, 0.1) is 5.82 Å². The number of aliphatic hydroxyl groups is 1.